The lowest BCUT2D eigenvalue weighted by Gasteiger charge is -2.18. The number of phenols is 1. The fraction of sp³-hybridized carbons (Fsp3) is 0.130. The number of rotatable bonds is 7. The highest BCUT2D eigenvalue weighted by molar-refractivity contribution is 7.08. The number of carbonyl (C=O) groups is 1. The molecule has 4 aromatic rings. The third-order valence-electron chi connectivity index (χ3n) is 4.93. The third kappa shape index (κ3) is 3.79. The number of aliphatic carboxylic acids is 1. The molecule has 1 atom stereocenters. The van der Waals surface area contributed by atoms with Crippen LogP contribution >= 0.6 is 11.3 Å². The van der Waals surface area contributed by atoms with Crippen molar-refractivity contribution in [3.05, 3.63) is 77.2 Å². The van der Waals surface area contributed by atoms with Crippen molar-refractivity contribution in [2.75, 3.05) is 7.11 Å². The number of phenolic OH excluding ortho intramolecular Hbond substituents is 1. The van der Waals surface area contributed by atoms with Gasteiger partial charge in [-0.25, -0.2) is 9.78 Å². The number of thiophene rings is 1. The minimum Gasteiger partial charge on any atom is -0.504 e. The van der Waals surface area contributed by atoms with Gasteiger partial charge in [0.15, 0.2) is 11.5 Å². The molecule has 2 aromatic heterocycles. The Balaban J connectivity index is 1.87. The zero-order chi connectivity index (χ0) is 21.1. The molecule has 0 amide bonds. The Bertz CT molecular complexity index is 1150. The second-order valence-electron chi connectivity index (χ2n) is 6.79. The molecule has 152 valence electrons. The van der Waals surface area contributed by atoms with Gasteiger partial charge in [0.1, 0.15) is 6.04 Å². The highest BCUT2D eigenvalue weighted by Crippen LogP contribution is 2.38. The monoisotopic (exact) mass is 420 g/mol. The molecule has 2 N–H and O–H groups in total. The molecule has 0 aliphatic heterocycles. The summed E-state index contributed by atoms with van der Waals surface area (Å²) in [5.74, 6) is -0.623. The minimum atomic E-state index is -0.952. The van der Waals surface area contributed by atoms with Gasteiger partial charge in [-0.3, -0.25) is 0 Å². The van der Waals surface area contributed by atoms with Gasteiger partial charge in [0.2, 0.25) is 0 Å². The van der Waals surface area contributed by atoms with E-state index in [1.807, 2.05) is 47.2 Å². The molecule has 0 aliphatic rings. The molecule has 0 aliphatic carbocycles. The number of hydrogen-bond acceptors (Lipinski definition) is 5. The van der Waals surface area contributed by atoms with Gasteiger partial charge in [0.25, 0.3) is 0 Å². The van der Waals surface area contributed by atoms with Crippen molar-refractivity contribution >= 4 is 17.3 Å². The van der Waals surface area contributed by atoms with Crippen molar-refractivity contribution in [2.45, 2.75) is 12.5 Å². The molecule has 0 unspecified atom stereocenters. The summed E-state index contributed by atoms with van der Waals surface area (Å²) in [4.78, 5) is 16.8. The van der Waals surface area contributed by atoms with E-state index >= 15 is 0 Å². The molecule has 0 spiro atoms. The topological polar surface area (TPSA) is 84.6 Å². The van der Waals surface area contributed by atoms with Gasteiger partial charge in [0.05, 0.1) is 24.8 Å². The van der Waals surface area contributed by atoms with Crippen LogP contribution < -0.4 is 4.74 Å². The van der Waals surface area contributed by atoms with Gasteiger partial charge in [-0.1, -0.05) is 30.3 Å². The summed E-state index contributed by atoms with van der Waals surface area (Å²) in [5.41, 5.74) is 3.77. The quantitative estimate of drug-likeness (QED) is 0.446. The van der Waals surface area contributed by atoms with Gasteiger partial charge < -0.3 is 19.5 Å². The zero-order valence-electron chi connectivity index (χ0n) is 16.2. The maximum Gasteiger partial charge on any atom is 0.327 e. The highest BCUT2D eigenvalue weighted by Gasteiger charge is 2.26. The lowest BCUT2D eigenvalue weighted by molar-refractivity contribution is -0.140. The fourth-order valence-electron chi connectivity index (χ4n) is 3.47. The summed E-state index contributed by atoms with van der Waals surface area (Å²) < 4.78 is 6.82. The summed E-state index contributed by atoms with van der Waals surface area (Å²) >= 11 is 1.54. The summed E-state index contributed by atoms with van der Waals surface area (Å²) in [6.07, 6.45) is 1.87. The molecule has 0 bridgehead atoms. The van der Waals surface area contributed by atoms with Crippen molar-refractivity contribution < 1.29 is 19.7 Å². The maximum absolute atomic E-state index is 12.2. The van der Waals surface area contributed by atoms with Gasteiger partial charge in [-0.05, 0) is 35.2 Å². The molecule has 30 heavy (non-hydrogen) atoms. The first kappa shape index (κ1) is 19.7. The SMILES string of the molecule is COc1ccc(-c2c(-c3ccsc3)ncn2[C@@H](Cc2ccccc2)C(=O)O)cc1O. The van der Waals surface area contributed by atoms with E-state index in [9.17, 15) is 15.0 Å². The number of nitrogens with zero attached hydrogens (tertiary/aromatic N) is 2. The number of hydrogen-bond donors (Lipinski definition) is 2. The number of imidazole rings is 1. The van der Waals surface area contributed by atoms with Crippen LogP contribution in [0.1, 0.15) is 11.6 Å². The number of aromatic hydroxyl groups is 1. The molecule has 2 heterocycles. The van der Waals surface area contributed by atoms with E-state index < -0.39 is 12.0 Å². The number of aromatic nitrogens is 2. The first-order valence-electron chi connectivity index (χ1n) is 9.32. The molecule has 0 saturated carbocycles. The van der Waals surface area contributed by atoms with E-state index in [2.05, 4.69) is 4.98 Å². The fourth-order valence-corrected chi connectivity index (χ4v) is 4.11. The predicted molar refractivity (Wildman–Crippen MR) is 116 cm³/mol. The molecule has 0 fully saturated rings. The smallest absolute Gasteiger partial charge is 0.327 e. The highest BCUT2D eigenvalue weighted by atomic mass is 32.1. The molecule has 0 radical (unpaired) electrons. The first-order chi connectivity index (χ1) is 14.6. The lowest BCUT2D eigenvalue weighted by atomic mass is 10.0. The molecule has 4 rings (SSSR count). The minimum absolute atomic E-state index is 0.0195. The van der Waals surface area contributed by atoms with Crippen LogP contribution in [0.4, 0.5) is 0 Å². The summed E-state index contributed by atoms with van der Waals surface area (Å²) in [6.45, 7) is 0. The second kappa shape index (κ2) is 8.42. The molecule has 7 heteroatoms. The van der Waals surface area contributed by atoms with Crippen LogP contribution in [0.5, 0.6) is 11.5 Å². The van der Waals surface area contributed by atoms with E-state index in [0.29, 0.717) is 29.1 Å². The summed E-state index contributed by atoms with van der Waals surface area (Å²) in [6, 6.07) is 15.6. The Kier molecular flexibility index (Phi) is 5.54. The third-order valence-corrected chi connectivity index (χ3v) is 5.62. The largest absolute Gasteiger partial charge is 0.504 e. The maximum atomic E-state index is 12.2. The average Bonchev–Trinajstić information content (AvgIpc) is 3.42. The Hall–Kier alpha value is -3.58. The van der Waals surface area contributed by atoms with Crippen LogP contribution in [-0.4, -0.2) is 32.8 Å². The van der Waals surface area contributed by atoms with E-state index in [1.54, 1.807) is 29.1 Å². The van der Waals surface area contributed by atoms with Crippen LogP contribution in [0.2, 0.25) is 0 Å². The van der Waals surface area contributed by atoms with Gasteiger partial charge in [-0.15, -0.1) is 0 Å². The molecular weight excluding hydrogens is 400 g/mol. The number of carboxylic acids is 1. The van der Waals surface area contributed by atoms with E-state index in [4.69, 9.17) is 4.74 Å². The van der Waals surface area contributed by atoms with Crippen molar-refractivity contribution in [1.82, 2.24) is 9.55 Å². The van der Waals surface area contributed by atoms with E-state index in [-0.39, 0.29) is 5.75 Å². The van der Waals surface area contributed by atoms with Crippen LogP contribution in [0.3, 0.4) is 0 Å². The first-order valence-corrected chi connectivity index (χ1v) is 10.3. The summed E-state index contributed by atoms with van der Waals surface area (Å²) in [7, 11) is 1.48. The number of methoxy groups -OCH3 is 1. The van der Waals surface area contributed by atoms with Crippen molar-refractivity contribution in [2.24, 2.45) is 0 Å². The Morgan fingerprint density at radius 3 is 2.60 bits per heavy atom. The number of benzene rings is 2. The Morgan fingerprint density at radius 1 is 1.17 bits per heavy atom. The number of ether oxygens (including phenoxy) is 1. The zero-order valence-corrected chi connectivity index (χ0v) is 17.0. The molecule has 6 nitrogen and oxygen atoms in total. The van der Waals surface area contributed by atoms with Crippen LogP contribution in [-0.2, 0) is 11.2 Å². The van der Waals surface area contributed by atoms with Crippen molar-refractivity contribution in [1.29, 1.82) is 0 Å². The standard InChI is InChI=1S/C23H20N2O4S/c1-29-20-8-7-16(12-19(20)26)22-21(17-9-10-30-13-17)24-14-25(22)18(23(27)28)11-15-5-3-2-4-6-15/h2-10,12-14,18,26H,11H2,1H3,(H,27,28)/t18-/m0/s1. The van der Waals surface area contributed by atoms with Crippen molar-refractivity contribution in [3.63, 3.8) is 0 Å². The molecule has 2 aromatic carbocycles. The molecule has 0 saturated heterocycles. The van der Waals surface area contributed by atoms with Crippen LogP contribution in [0.25, 0.3) is 22.5 Å². The average molecular weight is 420 g/mol. The number of carboxylic acid groups (broad SMARTS) is 1. The second-order valence-corrected chi connectivity index (χ2v) is 7.57. The normalized spacial score (nSPS) is 11.9. The van der Waals surface area contributed by atoms with Crippen LogP contribution in [0, 0.1) is 0 Å². The van der Waals surface area contributed by atoms with Crippen molar-refractivity contribution in [3.8, 4) is 34.0 Å². The lowest BCUT2D eigenvalue weighted by Crippen LogP contribution is -2.21. The van der Waals surface area contributed by atoms with Gasteiger partial charge in [0, 0.05) is 22.9 Å². The van der Waals surface area contributed by atoms with E-state index in [0.717, 1.165) is 11.1 Å². The van der Waals surface area contributed by atoms with E-state index in [1.165, 1.54) is 18.4 Å². The van der Waals surface area contributed by atoms with Crippen LogP contribution in [0.15, 0.2) is 71.7 Å². The van der Waals surface area contributed by atoms with Gasteiger partial charge in [-0.2, -0.15) is 11.3 Å². The summed E-state index contributed by atoms with van der Waals surface area (Å²) in [5, 5.41) is 24.2. The predicted octanol–water partition coefficient (Wildman–Crippen LogP) is 4.86. The Morgan fingerprint density at radius 2 is 1.97 bits per heavy atom. The van der Waals surface area contributed by atoms with Gasteiger partial charge >= 0.3 is 5.97 Å². The Labute approximate surface area is 177 Å². The molecular formula is C23H20N2O4S.